The summed E-state index contributed by atoms with van der Waals surface area (Å²) >= 11 is 3.36. The summed E-state index contributed by atoms with van der Waals surface area (Å²) in [6.07, 6.45) is 4.91. The lowest BCUT2D eigenvalue weighted by molar-refractivity contribution is -0.384. The van der Waals surface area contributed by atoms with Crippen LogP contribution in [0.2, 0.25) is 0 Å². The lowest BCUT2D eigenvalue weighted by Crippen LogP contribution is -2.29. The highest BCUT2D eigenvalue weighted by Gasteiger charge is 2.24. The molecule has 0 amide bonds. The van der Waals surface area contributed by atoms with E-state index in [1.807, 2.05) is 0 Å². The minimum Gasteiger partial charge on any atom is -0.376 e. The second-order valence-corrected chi connectivity index (χ2v) is 6.44. The monoisotopic (exact) mass is 356 g/mol. The molecular weight excluding hydrogens is 336 g/mol. The van der Waals surface area contributed by atoms with Gasteiger partial charge in [0.2, 0.25) is 0 Å². The summed E-state index contributed by atoms with van der Waals surface area (Å²) in [5.41, 5.74) is 6.83. The summed E-state index contributed by atoms with van der Waals surface area (Å²) in [4.78, 5) is 10.3. The van der Waals surface area contributed by atoms with E-state index in [-0.39, 0.29) is 5.69 Å². The third-order valence-corrected chi connectivity index (χ3v) is 4.94. The minimum absolute atomic E-state index is 0.0844. The van der Waals surface area contributed by atoms with Crippen LogP contribution < -0.4 is 5.73 Å². The van der Waals surface area contributed by atoms with Crippen LogP contribution in [-0.2, 0) is 11.3 Å². The van der Waals surface area contributed by atoms with E-state index in [0.29, 0.717) is 25.0 Å². The van der Waals surface area contributed by atoms with Crippen LogP contribution in [0.15, 0.2) is 22.7 Å². The van der Waals surface area contributed by atoms with Crippen molar-refractivity contribution in [2.45, 2.75) is 32.3 Å². The van der Waals surface area contributed by atoms with E-state index in [0.717, 1.165) is 16.6 Å². The first-order valence-corrected chi connectivity index (χ1v) is 8.11. The number of non-ortho nitro benzene ring substituents is 1. The van der Waals surface area contributed by atoms with Gasteiger partial charge in [0.15, 0.2) is 0 Å². The van der Waals surface area contributed by atoms with Gasteiger partial charge in [-0.1, -0.05) is 28.8 Å². The molecule has 1 aliphatic carbocycles. The van der Waals surface area contributed by atoms with Crippen LogP contribution in [0.3, 0.4) is 0 Å². The van der Waals surface area contributed by atoms with E-state index < -0.39 is 4.92 Å². The molecule has 0 radical (unpaired) electrons. The van der Waals surface area contributed by atoms with Crippen molar-refractivity contribution in [3.63, 3.8) is 0 Å². The largest absolute Gasteiger partial charge is 0.376 e. The molecule has 0 aliphatic heterocycles. The van der Waals surface area contributed by atoms with E-state index >= 15 is 0 Å². The Balaban J connectivity index is 1.87. The Morgan fingerprint density at radius 2 is 2.05 bits per heavy atom. The molecule has 0 bridgehead atoms. The Labute approximate surface area is 133 Å². The lowest BCUT2D eigenvalue weighted by atomic mass is 9.80. The molecule has 5 nitrogen and oxygen atoms in total. The fourth-order valence-corrected chi connectivity index (χ4v) is 3.38. The van der Waals surface area contributed by atoms with Crippen LogP contribution in [-0.4, -0.2) is 18.1 Å². The van der Waals surface area contributed by atoms with E-state index in [2.05, 4.69) is 15.9 Å². The predicted octanol–water partition coefficient (Wildman–Crippen LogP) is 3.64. The van der Waals surface area contributed by atoms with E-state index in [4.69, 9.17) is 10.5 Å². The fraction of sp³-hybridized carbons (Fsp3) is 0.600. The highest BCUT2D eigenvalue weighted by Crippen LogP contribution is 2.30. The van der Waals surface area contributed by atoms with Crippen molar-refractivity contribution in [1.82, 2.24) is 0 Å². The third kappa shape index (κ3) is 4.49. The molecule has 1 fully saturated rings. The van der Waals surface area contributed by atoms with Crippen LogP contribution in [0.5, 0.6) is 0 Å². The smallest absolute Gasteiger partial charge is 0.270 e. The minimum atomic E-state index is -0.400. The highest BCUT2D eigenvalue weighted by atomic mass is 79.9. The molecule has 6 heteroatoms. The zero-order chi connectivity index (χ0) is 15.2. The molecule has 2 atom stereocenters. The standard InChI is InChI=1S/C15H21BrN2O3/c16-15-7-14(18(19)20)6-5-13(15)10-21-9-12-4-2-1-3-11(12)8-17/h5-7,11-12H,1-4,8-10,17H2. The maximum atomic E-state index is 10.7. The summed E-state index contributed by atoms with van der Waals surface area (Å²) in [5.74, 6) is 1.11. The Hall–Kier alpha value is -0.980. The first kappa shape index (κ1) is 16.4. The number of benzene rings is 1. The van der Waals surface area contributed by atoms with Gasteiger partial charge in [0.25, 0.3) is 5.69 Å². The number of hydrogen-bond donors (Lipinski definition) is 1. The van der Waals surface area contributed by atoms with Crippen LogP contribution in [0.4, 0.5) is 5.69 Å². The highest BCUT2D eigenvalue weighted by molar-refractivity contribution is 9.10. The van der Waals surface area contributed by atoms with Crippen molar-refractivity contribution in [3.05, 3.63) is 38.3 Å². The summed E-state index contributed by atoms with van der Waals surface area (Å²) in [5, 5.41) is 10.7. The molecular formula is C15H21BrN2O3. The normalized spacial score (nSPS) is 22.2. The summed E-state index contributed by atoms with van der Waals surface area (Å²) in [6, 6.07) is 4.76. The maximum absolute atomic E-state index is 10.7. The molecule has 2 rings (SSSR count). The van der Waals surface area contributed by atoms with Crippen LogP contribution in [0.25, 0.3) is 0 Å². The third-order valence-electron chi connectivity index (χ3n) is 4.21. The molecule has 2 unspecified atom stereocenters. The topological polar surface area (TPSA) is 78.4 Å². The number of hydrogen-bond acceptors (Lipinski definition) is 4. The Morgan fingerprint density at radius 3 is 2.67 bits per heavy atom. The average Bonchev–Trinajstić information content (AvgIpc) is 2.49. The van der Waals surface area contributed by atoms with Gasteiger partial charge in [0, 0.05) is 16.6 Å². The maximum Gasteiger partial charge on any atom is 0.270 e. The lowest BCUT2D eigenvalue weighted by Gasteiger charge is -2.30. The van der Waals surface area contributed by atoms with Gasteiger partial charge in [-0.2, -0.15) is 0 Å². The average molecular weight is 357 g/mol. The van der Waals surface area contributed by atoms with Crippen molar-refractivity contribution in [2.75, 3.05) is 13.2 Å². The van der Waals surface area contributed by atoms with Gasteiger partial charge in [-0.3, -0.25) is 10.1 Å². The number of nitro groups is 1. The van der Waals surface area contributed by atoms with Crippen molar-refractivity contribution >= 4 is 21.6 Å². The number of halogens is 1. The Morgan fingerprint density at radius 1 is 1.33 bits per heavy atom. The molecule has 0 aromatic heterocycles. The molecule has 21 heavy (non-hydrogen) atoms. The molecule has 116 valence electrons. The summed E-state index contributed by atoms with van der Waals surface area (Å²) in [6.45, 7) is 1.91. The molecule has 0 heterocycles. The van der Waals surface area contributed by atoms with Crippen LogP contribution in [0.1, 0.15) is 31.2 Å². The van der Waals surface area contributed by atoms with E-state index in [9.17, 15) is 10.1 Å². The van der Waals surface area contributed by atoms with Crippen LogP contribution >= 0.6 is 15.9 Å². The summed E-state index contributed by atoms with van der Waals surface area (Å²) in [7, 11) is 0. The number of nitro benzene ring substituents is 1. The molecule has 2 N–H and O–H groups in total. The van der Waals surface area contributed by atoms with Gasteiger partial charge < -0.3 is 10.5 Å². The predicted molar refractivity (Wildman–Crippen MR) is 85.0 cm³/mol. The first-order valence-electron chi connectivity index (χ1n) is 7.32. The van der Waals surface area contributed by atoms with Gasteiger partial charge in [-0.25, -0.2) is 0 Å². The zero-order valence-electron chi connectivity index (χ0n) is 12.0. The SMILES string of the molecule is NCC1CCCCC1COCc1ccc([N+](=O)[O-])cc1Br. The molecule has 1 aromatic carbocycles. The van der Waals surface area contributed by atoms with Gasteiger partial charge in [0.05, 0.1) is 18.1 Å². The molecule has 0 spiro atoms. The van der Waals surface area contributed by atoms with Crippen LogP contribution in [0, 0.1) is 22.0 Å². The number of ether oxygens (including phenoxy) is 1. The molecule has 1 aliphatic rings. The Kier molecular flexibility index (Phi) is 6.14. The zero-order valence-corrected chi connectivity index (χ0v) is 13.5. The molecule has 1 saturated carbocycles. The summed E-state index contributed by atoms with van der Waals surface area (Å²) < 4.78 is 6.54. The first-order chi connectivity index (χ1) is 10.1. The van der Waals surface area contributed by atoms with Gasteiger partial charge in [-0.15, -0.1) is 0 Å². The second-order valence-electron chi connectivity index (χ2n) is 5.59. The molecule has 1 aromatic rings. The van der Waals surface area contributed by atoms with Crippen molar-refractivity contribution in [3.8, 4) is 0 Å². The van der Waals surface area contributed by atoms with Crippen molar-refractivity contribution in [1.29, 1.82) is 0 Å². The Bertz CT molecular complexity index is 496. The molecule has 0 saturated heterocycles. The van der Waals surface area contributed by atoms with Crippen molar-refractivity contribution in [2.24, 2.45) is 17.6 Å². The number of nitrogens with zero attached hydrogens (tertiary/aromatic N) is 1. The number of rotatable bonds is 6. The number of nitrogens with two attached hydrogens (primary N) is 1. The van der Waals surface area contributed by atoms with E-state index in [1.54, 1.807) is 6.07 Å². The fourth-order valence-electron chi connectivity index (χ4n) is 2.90. The van der Waals surface area contributed by atoms with E-state index in [1.165, 1.54) is 37.8 Å². The second kappa shape index (κ2) is 7.87. The van der Waals surface area contributed by atoms with Gasteiger partial charge >= 0.3 is 0 Å². The van der Waals surface area contributed by atoms with Gasteiger partial charge in [0.1, 0.15) is 0 Å². The quantitative estimate of drug-likeness (QED) is 0.623. The van der Waals surface area contributed by atoms with Crippen molar-refractivity contribution < 1.29 is 9.66 Å². The van der Waals surface area contributed by atoms with Gasteiger partial charge in [-0.05, 0) is 42.9 Å².